The van der Waals surface area contributed by atoms with Crippen molar-refractivity contribution in [3.8, 4) is 11.6 Å². The van der Waals surface area contributed by atoms with Crippen LogP contribution in [-0.4, -0.2) is 25.9 Å². The summed E-state index contributed by atoms with van der Waals surface area (Å²) in [6.07, 6.45) is 2.29. The summed E-state index contributed by atoms with van der Waals surface area (Å²) < 4.78 is 33.3. The second kappa shape index (κ2) is 9.25. The summed E-state index contributed by atoms with van der Waals surface area (Å²) in [5, 5.41) is 2.77. The van der Waals surface area contributed by atoms with Crippen molar-refractivity contribution in [3.63, 3.8) is 0 Å². The third kappa shape index (κ3) is 5.69. The molecule has 3 aromatic rings. The largest absolute Gasteiger partial charge is 0.439 e. The van der Waals surface area contributed by atoms with Crippen LogP contribution in [0, 0.1) is 0 Å². The number of hydrogen-bond acceptors (Lipinski definition) is 6. The molecule has 0 bridgehead atoms. The van der Waals surface area contributed by atoms with E-state index in [0.29, 0.717) is 33.8 Å². The van der Waals surface area contributed by atoms with Crippen molar-refractivity contribution >= 4 is 44.6 Å². The summed E-state index contributed by atoms with van der Waals surface area (Å²) >= 11 is 6.78. The van der Waals surface area contributed by atoms with Crippen molar-refractivity contribution in [1.82, 2.24) is 10.3 Å². The van der Waals surface area contributed by atoms with Crippen molar-refractivity contribution < 1.29 is 17.9 Å². The molecule has 0 aliphatic carbocycles. The number of sulfonamides is 1. The molecule has 0 aliphatic rings. The van der Waals surface area contributed by atoms with Crippen LogP contribution in [-0.2, 0) is 10.0 Å². The van der Waals surface area contributed by atoms with Crippen LogP contribution in [0.25, 0.3) is 0 Å². The van der Waals surface area contributed by atoms with Crippen LogP contribution in [0.2, 0.25) is 4.34 Å². The molecule has 3 rings (SSSR count). The number of rotatable bonds is 8. The molecule has 152 valence electrons. The summed E-state index contributed by atoms with van der Waals surface area (Å²) in [6.45, 7) is 2.58. The van der Waals surface area contributed by atoms with Crippen LogP contribution in [0.5, 0.6) is 11.6 Å². The van der Waals surface area contributed by atoms with E-state index in [1.54, 1.807) is 36.4 Å². The van der Waals surface area contributed by atoms with Gasteiger partial charge < -0.3 is 10.1 Å². The SMILES string of the molecule is CCCNC(=O)c1ccc(Oc2ccc(NS(=O)(=O)c3ccc(Cl)s3)cc2)nc1. The van der Waals surface area contributed by atoms with Crippen molar-refractivity contribution in [2.75, 3.05) is 11.3 Å². The lowest BCUT2D eigenvalue weighted by Gasteiger charge is -2.09. The number of hydrogen-bond donors (Lipinski definition) is 2. The number of carbonyl (C=O) groups excluding carboxylic acids is 1. The Morgan fingerprint density at radius 1 is 1.14 bits per heavy atom. The summed E-state index contributed by atoms with van der Waals surface area (Å²) in [6, 6.07) is 12.6. The lowest BCUT2D eigenvalue weighted by atomic mass is 10.2. The Morgan fingerprint density at radius 3 is 2.48 bits per heavy atom. The number of amides is 1. The molecule has 0 atom stereocenters. The standard InChI is InChI=1S/C19H18ClN3O4S2/c1-2-11-21-19(24)13-3-9-17(22-12-13)27-15-6-4-14(5-7-15)23-29(25,26)18-10-8-16(20)28-18/h3-10,12,23H,2,11H2,1H3,(H,21,24). The van der Waals surface area contributed by atoms with E-state index in [9.17, 15) is 13.2 Å². The van der Waals surface area contributed by atoms with Gasteiger partial charge in [0.2, 0.25) is 5.88 Å². The Bertz CT molecular complexity index is 1080. The fourth-order valence-electron chi connectivity index (χ4n) is 2.27. The molecule has 2 N–H and O–H groups in total. The number of carbonyl (C=O) groups is 1. The quantitative estimate of drug-likeness (QED) is 0.524. The Hall–Kier alpha value is -2.62. The molecule has 0 unspecified atom stereocenters. The smallest absolute Gasteiger partial charge is 0.271 e. The van der Waals surface area contributed by atoms with Gasteiger partial charge in [0, 0.05) is 24.5 Å². The predicted molar refractivity (Wildman–Crippen MR) is 114 cm³/mol. The Labute approximate surface area is 177 Å². The molecule has 7 nitrogen and oxygen atoms in total. The highest BCUT2D eigenvalue weighted by atomic mass is 35.5. The van der Waals surface area contributed by atoms with Gasteiger partial charge in [-0.25, -0.2) is 13.4 Å². The highest BCUT2D eigenvalue weighted by Crippen LogP contribution is 2.28. The maximum atomic E-state index is 12.3. The van der Waals surface area contributed by atoms with Crippen molar-refractivity contribution in [2.24, 2.45) is 0 Å². The minimum atomic E-state index is -3.69. The zero-order chi connectivity index (χ0) is 20.9. The summed E-state index contributed by atoms with van der Waals surface area (Å²) in [4.78, 5) is 16.0. The van der Waals surface area contributed by atoms with Crippen LogP contribution in [0.4, 0.5) is 5.69 Å². The zero-order valence-electron chi connectivity index (χ0n) is 15.4. The fourth-order valence-corrected chi connectivity index (χ4v) is 4.82. The van der Waals surface area contributed by atoms with Crippen LogP contribution >= 0.6 is 22.9 Å². The van der Waals surface area contributed by atoms with Gasteiger partial charge in [0.15, 0.2) is 0 Å². The average molecular weight is 452 g/mol. The first-order chi connectivity index (χ1) is 13.9. The van der Waals surface area contributed by atoms with E-state index in [2.05, 4.69) is 15.0 Å². The molecule has 0 saturated carbocycles. The van der Waals surface area contributed by atoms with Gasteiger partial charge in [-0.05, 0) is 48.9 Å². The molecule has 1 amide bonds. The number of benzene rings is 1. The minimum absolute atomic E-state index is 0.134. The zero-order valence-corrected chi connectivity index (χ0v) is 17.8. The Morgan fingerprint density at radius 2 is 1.90 bits per heavy atom. The molecule has 0 saturated heterocycles. The third-order valence-corrected chi connectivity index (χ3v) is 6.78. The lowest BCUT2D eigenvalue weighted by Crippen LogP contribution is -2.23. The number of pyridine rings is 1. The molecule has 0 aliphatic heterocycles. The highest BCUT2D eigenvalue weighted by molar-refractivity contribution is 7.94. The first-order valence-electron chi connectivity index (χ1n) is 8.68. The maximum absolute atomic E-state index is 12.3. The van der Waals surface area contributed by atoms with E-state index < -0.39 is 10.0 Å². The van der Waals surface area contributed by atoms with Crippen LogP contribution in [0.3, 0.4) is 0 Å². The third-order valence-electron chi connectivity index (χ3n) is 3.68. The van der Waals surface area contributed by atoms with Gasteiger partial charge in [-0.2, -0.15) is 0 Å². The molecule has 2 heterocycles. The van der Waals surface area contributed by atoms with Crippen LogP contribution in [0.1, 0.15) is 23.7 Å². The molecular formula is C19H18ClN3O4S2. The fraction of sp³-hybridized carbons (Fsp3) is 0.158. The summed E-state index contributed by atoms with van der Waals surface area (Å²) in [7, 11) is -3.69. The van der Waals surface area contributed by atoms with Crippen molar-refractivity contribution in [3.05, 3.63) is 64.6 Å². The van der Waals surface area contributed by atoms with E-state index in [1.807, 2.05) is 6.92 Å². The Balaban J connectivity index is 1.62. The van der Waals surface area contributed by atoms with E-state index in [-0.39, 0.29) is 10.1 Å². The number of nitrogens with one attached hydrogen (secondary N) is 2. The topological polar surface area (TPSA) is 97.4 Å². The van der Waals surface area contributed by atoms with E-state index >= 15 is 0 Å². The predicted octanol–water partition coefficient (Wildman–Crippen LogP) is 4.53. The van der Waals surface area contributed by atoms with Crippen molar-refractivity contribution in [2.45, 2.75) is 17.6 Å². The summed E-state index contributed by atoms with van der Waals surface area (Å²) in [5.41, 5.74) is 0.835. The minimum Gasteiger partial charge on any atom is -0.439 e. The van der Waals surface area contributed by atoms with Gasteiger partial charge in [0.05, 0.1) is 9.90 Å². The molecular weight excluding hydrogens is 434 g/mol. The number of ether oxygens (including phenoxy) is 1. The number of thiophene rings is 1. The van der Waals surface area contributed by atoms with E-state index in [4.69, 9.17) is 16.3 Å². The van der Waals surface area contributed by atoms with Gasteiger partial charge in [-0.3, -0.25) is 9.52 Å². The molecule has 0 radical (unpaired) electrons. The number of halogens is 1. The molecule has 0 spiro atoms. The second-order valence-electron chi connectivity index (χ2n) is 5.93. The van der Waals surface area contributed by atoms with Gasteiger partial charge in [-0.15, -0.1) is 11.3 Å². The normalized spacial score (nSPS) is 11.1. The summed E-state index contributed by atoms with van der Waals surface area (Å²) in [5.74, 6) is 0.607. The second-order valence-corrected chi connectivity index (χ2v) is 9.56. The average Bonchev–Trinajstić information content (AvgIpc) is 3.15. The highest BCUT2D eigenvalue weighted by Gasteiger charge is 2.16. The molecule has 1 aromatic carbocycles. The molecule has 2 aromatic heterocycles. The monoisotopic (exact) mass is 451 g/mol. The number of anilines is 1. The van der Waals surface area contributed by atoms with Crippen molar-refractivity contribution in [1.29, 1.82) is 0 Å². The van der Waals surface area contributed by atoms with E-state index in [1.165, 1.54) is 18.3 Å². The van der Waals surface area contributed by atoms with Crippen LogP contribution < -0.4 is 14.8 Å². The number of aromatic nitrogens is 1. The van der Waals surface area contributed by atoms with Gasteiger partial charge >= 0.3 is 0 Å². The maximum Gasteiger partial charge on any atom is 0.271 e. The first-order valence-corrected chi connectivity index (χ1v) is 11.4. The lowest BCUT2D eigenvalue weighted by molar-refractivity contribution is 0.0953. The molecule has 29 heavy (non-hydrogen) atoms. The molecule has 0 fully saturated rings. The Kier molecular flexibility index (Phi) is 6.73. The van der Waals surface area contributed by atoms with Gasteiger partial charge in [0.25, 0.3) is 15.9 Å². The van der Waals surface area contributed by atoms with Gasteiger partial charge in [-0.1, -0.05) is 18.5 Å². The van der Waals surface area contributed by atoms with Crippen LogP contribution in [0.15, 0.2) is 58.9 Å². The first kappa shape index (κ1) is 21.1. The van der Waals surface area contributed by atoms with Gasteiger partial charge in [0.1, 0.15) is 9.96 Å². The molecule has 10 heteroatoms. The number of nitrogens with zero attached hydrogens (tertiary/aromatic N) is 1. The van der Waals surface area contributed by atoms with E-state index in [0.717, 1.165) is 17.8 Å².